The summed E-state index contributed by atoms with van der Waals surface area (Å²) in [6.07, 6.45) is 1.74. The molecule has 0 fully saturated rings. The van der Waals surface area contributed by atoms with E-state index in [4.69, 9.17) is 9.41 Å². The molecule has 8 nitrogen and oxygen atoms in total. The minimum atomic E-state index is -0.662. The number of amides is 1. The monoisotopic (exact) mass is 649 g/mol. The van der Waals surface area contributed by atoms with Crippen molar-refractivity contribution in [2.75, 3.05) is 24.3 Å². The van der Waals surface area contributed by atoms with Crippen LogP contribution in [0.4, 0.5) is 11.4 Å². The number of rotatable bonds is 7. The molecule has 4 heterocycles. The van der Waals surface area contributed by atoms with Crippen LogP contribution in [-0.4, -0.2) is 29.6 Å². The third kappa shape index (κ3) is 5.77. The summed E-state index contributed by atoms with van der Waals surface area (Å²) in [5, 5.41) is 3.68. The summed E-state index contributed by atoms with van der Waals surface area (Å²) in [5.74, 6) is 0.245. The maximum absolute atomic E-state index is 14.1. The predicted molar refractivity (Wildman–Crippen MR) is 182 cm³/mol. The first-order valence-electron chi connectivity index (χ1n) is 14.1. The topological polar surface area (TPSA) is 92.7 Å². The van der Waals surface area contributed by atoms with Gasteiger partial charge in [0.25, 0.3) is 11.5 Å². The fourth-order valence-corrected chi connectivity index (χ4v) is 8.17. The number of aromatic nitrogens is 2. The van der Waals surface area contributed by atoms with Gasteiger partial charge in [-0.25, -0.2) is 9.98 Å². The molecule has 11 heteroatoms. The zero-order chi connectivity index (χ0) is 31.1. The Hall–Kier alpha value is -4.71. The number of furan rings is 1. The fourth-order valence-electron chi connectivity index (χ4n) is 5.18. The molecule has 3 aromatic carbocycles. The number of nitrogens with zero attached hydrogens (tertiary/aromatic N) is 4. The van der Waals surface area contributed by atoms with Crippen LogP contribution in [0, 0.1) is 0 Å². The molecule has 0 spiro atoms. The van der Waals surface area contributed by atoms with Crippen LogP contribution in [0.5, 0.6) is 0 Å². The highest BCUT2D eigenvalue weighted by Gasteiger charge is 2.32. The van der Waals surface area contributed by atoms with E-state index in [-0.39, 0.29) is 11.5 Å². The molecule has 224 valence electrons. The Labute approximate surface area is 270 Å². The molecule has 1 amide bonds. The van der Waals surface area contributed by atoms with E-state index in [1.54, 1.807) is 22.0 Å². The largest absolute Gasteiger partial charge is 0.450 e. The van der Waals surface area contributed by atoms with Crippen molar-refractivity contribution in [1.82, 2.24) is 9.55 Å². The third-order valence-corrected chi connectivity index (χ3v) is 10.4. The first-order valence-corrected chi connectivity index (χ1v) is 16.6. The van der Waals surface area contributed by atoms with E-state index in [9.17, 15) is 9.59 Å². The second-order valence-corrected chi connectivity index (χ2v) is 13.9. The van der Waals surface area contributed by atoms with Gasteiger partial charge in [-0.3, -0.25) is 14.2 Å². The highest BCUT2D eigenvalue weighted by molar-refractivity contribution is 8.01. The number of nitrogens with one attached hydrogen (secondary N) is 1. The molecule has 0 bridgehead atoms. The molecule has 1 aliphatic heterocycles. The Balaban J connectivity index is 1.26. The summed E-state index contributed by atoms with van der Waals surface area (Å²) >= 11 is 4.33. The number of carbonyl (C=O) groups is 1. The number of allylic oxidation sites excluding steroid dienone is 1. The van der Waals surface area contributed by atoms with Crippen LogP contribution in [0.2, 0.25) is 0 Å². The van der Waals surface area contributed by atoms with E-state index in [1.165, 1.54) is 23.1 Å². The summed E-state index contributed by atoms with van der Waals surface area (Å²) in [7, 11) is 3.94. The molecule has 0 radical (unpaired) electrons. The summed E-state index contributed by atoms with van der Waals surface area (Å²) < 4.78 is 10.2. The fraction of sp³-hybridized carbons (Fsp3) is 0.118. The Morgan fingerprint density at radius 2 is 1.73 bits per heavy atom. The molecule has 7 rings (SSSR count). The van der Waals surface area contributed by atoms with Crippen LogP contribution < -0.4 is 25.1 Å². The van der Waals surface area contributed by atoms with Gasteiger partial charge >= 0.3 is 0 Å². The maximum atomic E-state index is 14.1. The van der Waals surface area contributed by atoms with Crippen molar-refractivity contribution in [3.63, 3.8) is 0 Å². The lowest BCUT2D eigenvalue weighted by Crippen LogP contribution is -2.40. The minimum absolute atomic E-state index is 0.241. The van der Waals surface area contributed by atoms with Gasteiger partial charge in [0, 0.05) is 31.5 Å². The van der Waals surface area contributed by atoms with Crippen LogP contribution in [0.1, 0.15) is 24.3 Å². The quantitative estimate of drug-likeness (QED) is 0.219. The maximum Gasteiger partial charge on any atom is 0.271 e. The SMILES string of the molecule is CC1=C(C(=O)Nc2ccccc2)[C@H](c2ccc(N(C)C)cc2)n2c(s/c(=C\c3ccc(Sc4nc5ccccc5s4)o3)c2=O)=N1. The van der Waals surface area contributed by atoms with Crippen molar-refractivity contribution in [2.24, 2.45) is 4.99 Å². The van der Waals surface area contributed by atoms with Crippen LogP contribution in [-0.2, 0) is 4.79 Å². The molecule has 45 heavy (non-hydrogen) atoms. The Morgan fingerprint density at radius 3 is 2.49 bits per heavy atom. The second kappa shape index (κ2) is 12.0. The Morgan fingerprint density at radius 1 is 0.978 bits per heavy atom. The second-order valence-electron chi connectivity index (χ2n) is 10.6. The molecular weight excluding hydrogens is 623 g/mol. The van der Waals surface area contributed by atoms with E-state index in [0.717, 1.165) is 25.8 Å². The van der Waals surface area contributed by atoms with Crippen molar-refractivity contribution < 1.29 is 9.21 Å². The molecule has 0 unspecified atom stereocenters. The van der Waals surface area contributed by atoms with Crippen molar-refractivity contribution in [2.45, 2.75) is 22.4 Å². The van der Waals surface area contributed by atoms with E-state index >= 15 is 0 Å². The number of carbonyl (C=O) groups excluding carboxylic acids is 1. The lowest BCUT2D eigenvalue weighted by Gasteiger charge is -2.26. The summed E-state index contributed by atoms with van der Waals surface area (Å²) in [5.41, 5.74) is 4.19. The third-order valence-electron chi connectivity index (χ3n) is 7.36. The molecule has 3 aromatic heterocycles. The Kier molecular flexibility index (Phi) is 7.74. The molecule has 1 N–H and O–H groups in total. The van der Waals surface area contributed by atoms with Gasteiger partial charge in [0.1, 0.15) is 5.76 Å². The van der Waals surface area contributed by atoms with Crippen molar-refractivity contribution in [3.8, 4) is 0 Å². The van der Waals surface area contributed by atoms with Gasteiger partial charge in [-0.1, -0.05) is 53.8 Å². The molecular formula is C34H27N5O3S3. The van der Waals surface area contributed by atoms with Gasteiger partial charge < -0.3 is 14.6 Å². The molecule has 0 aliphatic carbocycles. The number of thiazole rings is 2. The lowest BCUT2D eigenvalue weighted by atomic mass is 9.95. The highest BCUT2D eigenvalue weighted by Crippen LogP contribution is 2.35. The summed E-state index contributed by atoms with van der Waals surface area (Å²) in [6.45, 7) is 1.82. The van der Waals surface area contributed by atoms with Gasteiger partial charge in [0.2, 0.25) is 0 Å². The number of benzene rings is 3. The smallest absolute Gasteiger partial charge is 0.271 e. The van der Waals surface area contributed by atoms with Crippen molar-refractivity contribution in [3.05, 3.63) is 133 Å². The van der Waals surface area contributed by atoms with Gasteiger partial charge in [-0.2, -0.15) is 0 Å². The van der Waals surface area contributed by atoms with Crippen LogP contribution in [0.15, 0.2) is 126 Å². The van der Waals surface area contributed by atoms with Crippen LogP contribution >= 0.6 is 34.4 Å². The summed E-state index contributed by atoms with van der Waals surface area (Å²) in [6, 6.07) is 28.2. The molecule has 1 aliphatic rings. The average Bonchev–Trinajstić information content (AvgIpc) is 3.74. The van der Waals surface area contributed by atoms with Gasteiger partial charge in [-0.15, -0.1) is 11.3 Å². The molecule has 0 saturated carbocycles. The van der Waals surface area contributed by atoms with Gasteiger partial charge in [0.05, 0.1) is 32.1 Å². The van der Waals surface area contributed by atoms with Crippen LogP contribution in [0.3, 0.4) is 0 Å². The minimum Gasteiger partial charge on any atom is -0.450 e. The van der Waals surface area contributed by atoms with Crippen LogP contribution in [0.25, 0.3) is 16.3 Å². The Bertz CT molecular complexity index is 2230. The zero-order valence-corrected chi connectivity index (χ0v) is 27.0. The number of hydrogen-bond donors (Lipinski definition) is 1. The average molecular weight is 650 g/mol. The molecule has 1 atom stereocenters. The first-order chi connectivity index (χ1) is 21.8. The van der Waals surface area contributed by atoms with Crippen molar-refractivity contribution in [1.29, 1.82) is 0 Å². The predicted octanol–water partition coefficient (Wildman–Crippen LogP) is 6.29. The zero-order valence-electron chi connectivity index (χ0n) is 24.6. The standard InChI is InChI=1S/C34H27N5O3S3/c1-20-29(31(40)36-22-9-5-4-6-10-22)30(21-13-15-23(16-14-21)38(2)3)39-32(41)27(43-33(39)35-20)19-24-17-18-28(42-24)45-34-37-25-11-7-8-12-26(25)44-34/h4-19,30H,1-3H3,(H,36,40)/b27-19-/t30-/m0/s1. The normalized spacial score (nSPS) is 14.8. The number of para-hydroxylation sites is 2. The number of anilines is 2. The number of fused-ring (bicyclic) bond motifs is 2. The van der Waals surface area contributed by atoms with Crippen molar-refractivity contribution >= 4 is 68.0 Å². The number of hydrogen-bond acceptors (Lipinski definition) is 9. The van der Waals surface area contributed by atoms with E-state index in [0.29, 0.717) is 37.1 Å². The highest BCUT2D eigenvalue weighted by atomic mass is 32.2. The lowest BCUT2D eigenvalue weighted by molar-refractivity contribution is -0.113. The van der Waals surface area contributed by atoms with Gasteiger partial charge in [0.15, 0.2) is 14.2 Å². The molecule has 6 aromatic rings. The molecule has 0 saturated heterocycles. The first kappa shape index (κ1) is 29.0. The van der Waals surface area contributed by atoms with E-state index in [1.807, 2.05) is 117 Å². The van der Waals surface area contributed by atoms with E-state index < -0.39 is 6.04 Å². The van der Waals surface area contributed by atoms with E-state index in [2.05, 4.69) is 10.3 Å². The van der Waals surface area contributed by atoms with Gasteiger partial charge in [-0.05, 0) is 72.8 Å². The summed E-state index contributed by atoms with van der Waals surface area (Å²) in [4.78, 5) is 39.8.